The molecule has 1 saturated carbocycles. The zero-order valence-corrected chi connectivity index (χ0v) is 9.26. The van der Waals surface area contributed by atoms with Crippen LogP contribution >= 0.6 is 0 Å². The highest BCUT2D eigenvalue weighted by atomic mass is 14.5. The Balaban J connectivity index is 2.43. The Hall–Kier alpha value is -0.0400. The molecule has 0 spiro atoms. The van der Waals surface area contributed by atoms with Gasteiger partial charge in [0.15, 0.2) is 0 Å². The summed E-state index contributed by atoms with van der Waals surface area (Å²) in [5.41, 5.74) is 5.62. The van der Waals surface area contributed by atoms with Crippen molar-refractivity contribution in [2.75, 3.05) is 6.54 Å². The van der Waals surface area contributed by atoms with Crippen LogP contribution in [0.3, 0.4) is 0 Å². The highest BCUT2D eigenvalue weighted by Gasteiger charge is 2.27. The van der Waals surface area contributed by atoms with Gasteiger partial charge in [-0.05, 0) is 37.1 Å². The summed E-state index contributed by atoms with van der Waals surface area (Å²) in [7, 11) is 0. The van der Waals surface area contributed by atoms with Gasteiger partial charge in [-0.1, -0.05) is 39.5 Å². The smallest absolute Gasteiger partial charge is 0.00746 e. The van der Waals surface area contributed by atoms with Crippen LogP contribution in [0, 0.1) is 17.8 Å². The third-order valence-corrected chi connectivity index (χ3v) is 3.85. The first kappa shape index (κ1) is 11.0. The molecule has 0 bridgehead atoms. The maximum Gasteiger partial charge on any atom is -0.00746 e. The summed E-state index contributed by atoms with van der Waals surface area (Å²) in [6.45, 7) is 5.61. The standard InChI is InChI=1S/C12H25N/c1-3-11-6-4-5-7-12(11)10(2)8-9-13/h10-12H,3-9,13H2,1-2H3. The van der Waals surface area contributed by atoms with Gasteiger partial charge in [-0.25, -0.2) is 0 Å². The van der Waals surface area contributed by atoms with Crippen LogP contribution in [-0.4, -0.2) is 6.54 Å². The predicted octanol–water partition coefficient (Wildman–Crippen LogP) is 3.19. The molecule has 2 N–H and O–H groups in total. The van der Waals surface area contributed by atoms with Crippen LogP contribution in [0.1, 0.15) is 52.4 Å². The fourth-order valence-corrected chi connectivity index (χ4v) is 2.97. The maximum absolute atomic E-state index is 5.62. The second kappa shape index (κ2) is 5.64. The molecule has 3 unspecified atom stereocenters. The monoisotopic (exact) mass is 183 g/mol. The molecule has 1 aliphatic carbocycles. The lowest BCUT2D eigenvalue weighted by Crippen LogP contribution is -2.26. The van der Waals surface area contributed by atoms with E-state index < -0.39 is 0 Å². The van der Waals surface area contributed by atoms with Crippen LogP contribution in [0.25, 0.3) is 0 Å². The van der Waals surface area contributed by atoms with E-state index in [0.29, 0.717) is 0 Å². The van der Waals surface area contributed by atoms with E-state index in [9.17, 15) is 0 Å². The highest BCUT2D eigenvalue weighted by Crippen LogP contribution is 2.37. The fourth-order valence-electron chi connectivity index (χ4n) is 2.97. The second-order valence-corrected chi connectivity index (χ2v) is 4.67. The molecule has 0 aromatic carbocycles. The molecule has 1 heteroatoms. The third-order valence-electron chi connectivity index (χ3n) is 3.85. The molecule has 0 aromatic heterocycles. The molecule has 0 aliphatic heterocycles. The van der Waals surface area contributed by atoms with E-state index in [-0.39, 0.29) is 0 Å². The minimum atomic E-state index is 0.857. The van der Waals surface area contributed by atoms with E-state index in [2.05, 4.69) is 13.8 Å². The lowest BCUT2D eigenvalue weighted by Gasteiger charge is -2.35. The van der Waals surface area contributed by atoms with Crippen molar-refractivity contribution in [2.24, 2.45) is 23.5 Å². The van der Waals surface area contributed by atoms with E-state index >= 15 is 0 Å². The number of hydrogen-bond donors (Lipinski definition) is 1. The zero-order valence-electron chi connectivity index (χ0n) is 9.26. The average molecular weight is 183 g/mol. The molecule has 0 heterocycles. The zero-order chi connectivity index (χ0) is 9.68. The molecular formula is C12H25N. The van der Waals surface area contributed by atoms with Crippen LogP contribution in [0.15, 0.2) is 0 Å². The Bertz CT molecular complexity index is 133. The van der Waals surface area contributed by atoms with Crippen LogP contribution < -0.4 is 5.73 Å². The van der Waals surface area contributed by atoms with Crippen LogP contribution in [0.4, 0.5) is 0 Å². The van der Waals surface area contributed by atoms with Gasteiger partial charge in [-0.3, -0.25) is 0 Å². The topological polar surface area (TPSA) is 26.0 Å². The summed E-state index contributed by atoms with van der Waals surface area (Å²) < 4.78 is 0. The summed E-state index contributed by atoms with van der Waals surface area (Å²) in [5.74, 6) is 2.83. The summed E-state index contributed by atoms with van der Waals surface area (Å²) in [6.07, 6.45) is 8.44. The molecule has 0 amide bonds. The fraction of sp³-hybridized carbons (Fsp3) is 1.00. The van der Waals surface area contributed by atoms with Gasteiger partial charge in [0.25, 0.3) is 0 Å². The first-order chi connectivity index (χ1) is 6.29. The number of hydrogen-bond acceptors (Lipinski definition) is 1. The van der Waals surface area contributed by atoms with Crippen molar-refractivity contribution in [1.29, 1.82) is 0 Å². The molecule has 3 atom stereocenters. The highest BCUT2D eigenvalue weighted by molar-refractivity contribution is 4.78. The van der Waals surface area contributed by atoms with Crippen molar-refractivity contribution in [3.05, 3.63) is 0 Å². The van der Waals surface area contributed by atoms with E-state index in [1.54, 1.807) is 0 Å². The normalized spacial score (nSPS) is 31.6. The largest absolute Gasteiger partial charge is 0.330 e. The number of nitrogens with two attached hydrogens (primary N) is 1. The first-order valence-electron chi connectivity index (χ1n) is 5.99. The molecule has 1 aliphatic rings. The number of rotatable bonds is 4. The molecule has 0 saturated heterocycles. The summed E-state index contributed by atoms with van der Waals surface area (Å²) in [5, 5.41) is 0. The van der Waals surface area contributed by atoms with Crippen molar-refractivity contribution < 1.29 is 0 Å². The first-order valence-corrected chi connectivity index (χ1v) is 5.99. The minimum Gasteiger partial charge on any atom is -0.330 e. The Kier molecular flexibility index (Phi) is 4.79. The van der Waals surface area contributed by atoms with Gasteiger partial charge in [-0.2, -0.15) is 0 Å². The molecule has 13 heavy (non-hydrogen) atoms. The Morgan fingerprint density at radius 1 is 1.31 bits per heavy atom. The van der Waals surface area contributed by atoms with Gasteiger partial charge in [0.2, 0.25) is 0 Å². The predicted molar refractivity (Wildman–Crippen MR) is 58.6 cm³/mol. The molecule has 78 valence electrons. The van der Waals surface area contributed by atoms with Crippen molar-refractivity contribution >= 4 is 0 Å². The van der Waals surface area contributed by atoms with Crippen molar-refractivity contribution in [3.8, 4) is 0 Å². The van der Waals surface area contributed by atoms with Gasteiger partial charge in [0, 0.05) is 0 Å². The van der Waals surface area contributed by atoms with Crippen LogP contribution in [0.5, 0.6) is 0 Å². The quantitative estimate of drug-likeness (QED) is 0.711. The summed E-state index contributed by atoms with van der Waals surface area (Å²) >= 11 is 0. The maximum atomic E-state index is 5.62. The van der Waals surface area contributed by atoms with Gasteiger partial charge in [-0.15, -0.1) is 0 Å². The average Bonchev–Trinajstić information content (AvgIpc) is 2.18. The molecule has 0 radical (unpaired) electrons. The molecule has 1 rings (SSSR count). The Morgan fingerprint density at radius 3 is 2.62 bits per heavy atom. The van der Waals surface area contributed by atoms with E-state index in [4.69, 9.17) is 5.73 Å². The Morgan fingerprint density at radius 2 is 2.00 bits per heavy atom. The van der Waals surface area contributed by atoms with Gasteiger partial charge in [0.05, 0.1) is 0 Å². The lowest BCUT2D eigenvalue weighted by atomic mass is 9.71. The van der Waals surface area contributed by atoms with E-state index in [1.165, 1.54) is 38.5 Å². The SMILES string of the molecule is CCC1CCCCC1C(C)CCN. The Labute approximate surface area is 83.1 Å². The van der Waals surface area contributed by atoms with Crippen LogP contribution in [0.2, 0.25) is 0 Å². The summed E-state index contributed by atoms with van der Waals surface area (Å²) in [6, 6.07) is 0. The van der Waals surface area contributed by atoms with Crippen molar-refractivity contribution in [3.63, 3.8) is 0 Å². The third kappa shape index (κ3) is 2.98. The van der Waals surface area contributed by atoms with Crippen LogP contribution in [-0.2, 0) is 0 Å². The van der Waals surface area contributed by atoms with E-state index in [0.717, 1.165) is 24.3 Å². The summed E-state index contributed by atoms with van der Waals surface area (Å²) in [4.78, 5) is 0. The van der Waals surface area contributed by atoms with Gasteiger partial charge in [0.1, 0.15) is 0 Å². The van der Waals surface area contributed by atoms with Gasteiger partial charge >= 0.3 is 0 Å². The second-order valence-electron chi connectivity index (χ2n) is 4.67. The lowest BCUT2D eigenvalue weighted by molar-refractivity contribution is 0.161. The molecular weight excluding hydrogens is 158 g/mol. The van der Waals surface area contributed by atoms with Crippen molar-refractivity contribution in [1.82, 2.24) is 0 Å². The van der Waals surface area contributed by atoms with E-state index in [1.807, 2.05) is 0 Å². The van der Waals surface area contributed by atoms with Gasteiger partial charge < -0.3 is 5.73 Å². The molecule has 1 fully saturated rings. The van der Waals surface area contributed by atoms with Crippen molar-refractivity contribution in [2.45, 2.75) is 52.4 Å². The molecule has 1 nitrogen and oxygen atoms in total. The minimum absolute atomic E-state index is 0.857. The molecule has 0 aromatic rings.